The van der Waals surface area contributed by atoms with E-state index in [-0.39, 0.29) is 5.91 Å². The maximum absolute atomic E-state index is 11.1. The second kappa shape index (κ2) is 5.17. The third-order valence-electron chi connectivity index (χ3n) is 2.45. The van der Waals surface area contributed by atoms with E-state index < -0.39 is 6.04 Å². The van der Waals surface area contributed by atoms with Gasteiger partial charge in [0.1, 0.15) is 6.04 Å². The lowest BCUT2D eigenvalue weighted by atomic mass is 10.1. The van der Waals surface area contributed by atoms with E-state index in [4.69, 9.17) is 11.0 Å². The van der Waals surface area contributed by atoms with Gasteiger partial charge in [-0.1, -0.05) is 13.0 Å². The normalized spacial score (nSPS) is 11.6. The molecule has 0 radical (unpaired) electrons. The number of benzene rings is 1. The second-order valence-electron chi connectivity index (χ2n) is 3.65. The summed E-state index contributed by atoms with van der Waals surface area (Å²) in [6.07, 6.45) is 0.617. The molecule has 0 spiro atoms. The third kappa shape index (κ3) is 2.74. The number of nitrogens with one attached hydrogen (secondary N) is 1. The first-order valence-corrected chi connectivity index (χ1v) is 5.15. The van der Waals surface area contributed by atoms with E-state index in [1.807, 2.05) is 19.9 Å². The molecule has 0 bridgehead atoms. The van der Waals surface area contributed by atoms with E-state index in [0.29, 0.717) is 12.0 Å². The van der Waals surface area contributed by atoms with Gasteiger partial charge in [0, 0.05) is 5.69 Å². The average Bonchev–Trinajstić information content (AvgIpc) is 2.27. The molecule has 1 amide bonds. The van der Waals surface area contributed by atoms with Crippen LogP contribution in [0.25, 0.3) is 0 Å². The minimum atomic E-state index is -0.396. The van der Waals surface area contributed by atoms with Crippen LogP contribution in [0.4, 0.5) is 5.69 Å². The van der Waals surface area contributed by atoms with Crippen molar-refractivity contribution in [3.63, 3.8) is 0 Å². The van der Waals surface area contributed by atoms with E-state index in [1.54, 1.807) is 12.1 Å². The zero-order valence-corrected chi connectivity index (χ0v) is 9.45. The number of hydrogen-bond acceptors (Lipinski definition) is 3. The number of anilines is 1. The second-order valence-corrected chi connectivity index (χ2v) is 3.65. The highest BCUT2D eigenvalue weighted by Crippen LogP contribution is 2.18. The SMILES string of the molecule is CCC(Nc1cc(C#N)ccc1C)C(N)=O. The highest BCUT2D eigenvalue weighted by molar-refractivity contribution is 5.83. The summed E-state index contributed by atoms with van der Waals surface area (Å²) in [4.78, 5) is 11.1. The number of rotatable bonds is 4. The van der Waals surface area contributed by atoms with Crippen LogP contribution >= 0.6 is 0 Å². The van der Waals surface area contributed by atoms with E-state index in [2.05, 4.69) is 11.4 Å². The molecule has 0 aliphatic carbocycles. The predicted molar refractivity (Wildman–Crippen MR) is 62.8 cm³/mol. The van der Waals surface area contributed by atoms with Gasteiger partial charge in [0.05, 0.1) is 11.6 Å². The summed E-state index contributed by atoms with van der Waals surface area (Å²) < 4.78 is 0. The number of carbonyl (C=O) groups excluding carboxylic acids is 1. The molecule has 1 atom stereocenters. The van der Waals surface area contributed by atoms with Gasteiger partial charge in [-0.25, -0.2) is 0 Å². The van der Waals surface area contributed by atoms with Gasteiger partial charge in [0.25, 0.3) is 0 Å². The Morgan fingerprint density at radius 3 is 2.81 bits per heavy atom. The van der Waals surface area contributed by atoms with Crippen LogP contribution in [0, 0.1) is 18.3 Å². The molecule has 0 aliphatic rings. The molecule has 3 N–H and O–H groups in total. The van der Waals surface area contributed by atoms with Gasteiger partial charge in [0.2, 0.25) is 5.91 Å². The number of nitriles is 1. The Morgan fingerprint density at radius 2 is 2.31 bits per heavy atom. The number of nitrogens with zero attached hydrogens (tertiary/aromatic N) is 1. The maximum atomic E-state index is 11.1. The van der Waals surface area contributed by atoms with Crippen molar-refractivity contribution < 1.29 is 4.79 Å². The summed E-state index contributed by atoms with van der Waals surface area (Å²) in [6, 6.07) is 6.97. The summed E-state index contributed by atoms with van der Waals surface area (Å²) in [5, 5.41) is 11.8. The van der Waals surface area contributed by atoms with Crippen LogP contribution in [0.15, 0.2) is 18.2 Å². The number of carbonyl (C=O) groups is 1. The van der Waals surface area contributed by atoms with Crippen LogP contribution < -0.4 is 11.1 Å². The molecule has 0 heterocycles. The molecule has 16 heavy (non-hydrogen) atoms. The number of aryl methyl sites for hydroxylation is 1. The largest absolute Gasteiger partial charge is 0.373 e. The molecule has 1 aromatic rings. The maximum Gasteiger partial charge on any atom is 0.239 e. The van der Waals surface area contributed by atoms with Crippen molar-refractivity contribution in [3.8, 4) is 6.07 Å². The van der Waals surface area contributed by atoms with E-state index in [0.717, 1.165) is 11.3 Å². The number of nitrogens with two attached hydrogens (primary N) is 1. The standard InChI is InChI=1S/C12H15N3O/c1-3-10(12(14)16)15-11-6-9(7-13)5-4-8(11)2/h4-6,10,15H,3H2,1-2H3,(H2,14,16). The fraction of sp³-hybridized carbons (Fsp3) is 0.333. The van der Waals surface area contributed by atoms with Crippen LogP contribution in [-0.2, 0) is 4.79 Å². The van der Waals surface area contributed by atoms with Gasteiger partial charge in [-0.3, -0.25) is 4.79 Å². The van der Waals surface area contributed by atoms with Crippen molar-refractivity contribution >= 4 is 11.6 Å². The minimum Gasteiger partial charge on any atom is -0.373 e. The first kappa shape index (κ1) is 12.1. The highest BCUT2D eigenvalue weighted by Gasteiger charge is 2.13. The lowest BCUT2D eigenvalue weighted by molar-refractivity contribution is -0.118. The van der Waals surface area contributed by atoms with Crippen LogP contribution in [0.2, 0.25) is 0 Å². The monoisotopic (exact) mass is 217 g/mol. The van der Waals surface area contributed by atoms with Gasteiger partial charge < -0.3 is 11.1 Å². The molecule has 0 aliphatic heterocycles. The predicted octanol–water partition coefficient (Wildman–Crippen LogP) is 1.54. The Kier molecular flexibility index (Phi) is 3.90. The summed E-state index contributed by atoms with van der Waals surface area (Å²) >= 11 is 0. The fourth-order valence-electron chi connectivity index (χ4n) is 1.41. The van der Waals surface area contributed by atoms with Crippen molar-refractivity contribution in [3.05, 3.63) is 29.3 Å². The fourth-order valence-corrected chi connectivity index (χ4v) is 1.41. The van der Waals surface area contributed by atoms with Crippen molar-refractivity contribution in [2.45, 2.75) is 26.3 Å². The zero-order chi connectivity index (χ0) is 12.1. The minimum absolute atomic E-state index is 0.385. The number of amides is 1. The first-order valence-electron chi connectivity index (χ1n) is 5.15. The smallest absolute Gasteiger partial charge is 0.239 e. The summed E-state index contributed by atoms with van der Waals surface area (Å²) in [6.45, 7) is 3.79. The molecule has 0 aromatic heterocycles. The number of hydrogen-bond donors (Lipinski definition) is 2. The molecule has 1 rings (SSSR count). The summed E-state index contributed by atoms with van der Waals surface area (Å²) in [5.74, 6) is -0.385. The third-order valence-corrected chi connectivity index (χ3v) is 2.45. The topological polar surface area (TPSA) is 78.9 Å². The molecule has 0 fully saturated rings. The van der Waals surface area contributed by atoms with Gasteiger partial charge in [-0.15, -0.1) is 0 Å². The molecular formula is C12H15N3O. The van der Waals surface area contributed by atoms with Gasteiger partial charge in [0.15, 0.2) is 0 Å². The Bertz CT molecular complexity index is 434. The van der Waals surface area contributed by atoms with Gasteiger partial charge in [-0.05, 0) is 31.0 Å². The molecule has 1 unspecified atom stereocenters. The van der Waals surface area contributed by atoms with Crippen LogP contribution in [0.3, 0.4) is 0 Å². The molecule has 4 heteroatoms. The Balaban J connectivity index is 2.96. The quantitative estimate of drug-likeness (QED) is 0.803. The van der Waals surface area contributed by atoms with E-state index in [9.17, 15) is 4.79 Å². The van der Waals surface area contributed by atoms with Gasteiger partial charge in [-0.2, -0.15) is 5.26 Å². The lowest BCUT2D eigenvalue weighted by Crippen LogP contribution is -2.34. The van der Waals surface area contributed by atoms with E-state index in [1.165, 1.54) is 0 Å². The lowest BCUT2D eigenvalue weighted by Gasteiger charge is -2.16. The Morgan fingerprint density at radius 1 is 1.62 bits per heavy atom. The summed E-state index contributed by atoms with van der Waals surface area (Å²) in [7, 11) is 0. The molecule has 4 nitrogen and oxygen atoms in total. The first-order chi connectivity index (χ1) is 7.58. The molecular weight excluding hydrogens is 202 g/mol. The zero-order valence-electron chi connectivity index (χ0n) is 9.45. The van der Waals surface area contributed by atoms with Crippen LogP contribution in [0.5, 0.6) is 0 Å². The number of primary amides is 1. The summed E-state index contributed by atoms with van der Waals surface area (Å²) in [5.41, 5.74) is 7.58. The van der Waals surface area contributed by atoms with Crippen molar-refractivity contribution in [1.82, 2.24) is 0 Å². The van der Waals surface area contributed by atoms with Gasteiger partial charge >= 0.3 is 0 Å². The Hall–Kier alpha value is -2.02. The van der Waals surface area contributed by atoms with E-state index >= 15 is 0 Å². The van der Waals surface area contributed by atoms with Crippen molar-refractivity contribution in [1.29, 1.82) is 5.26 Å². The van der Waals surface area contributed by atoms with Crippen molar-refractivity contribution in [2.75, 3.05) is 5.32 Å². The van der Waals surface area contributed by atoms with Crippen molar-refractivity contribution in [2.24, 2.45) is 5.73 Å². The van der Waals surface area contributed by atoms with Crippen LogP contribution in [-0.4, -0.2) is 11.9 Å². The average molecular weight is 217 g/mol. The highest BCUT2D eigenvalue weighted by atomic mass is 16.1. The molecule has 84 valence electrons. The molecule has 0 saturated carbocycles. The molecule has 1 aromatic carbocycles. The molecule has 0 saturated heterocycles. The van der Waals surface area contributed by atoms with Crippen LogP contribution in [0.1, 0.15) is 24.5 Å². The Labute approximate surface area is 95.1 Å².